The van der Waals surface area contributed by atoms with Crippen LogP contribution in [0.1, 0.15) is 21.5 Å². The Labute approximate surface area is 198 Å². The topological polar surface area (TPSA) is 39.7 Å². The van der Waals surface area contributed by atoms with Gasteiger partial charge in [0.2, 0.25) is 0 Å². The monoisotopic (exact) mass is 464 g/mol. The summed E-state index contributed by atoms with van der Waals surface area (Å²) in [6.07, 6.45) is 1.69. The fourth-order valence-corrected chi connectivity index (χ4v) is 5.72. The van der Waals surface area contributed by atoms with E-state index < -0.39 is 0 Å². The molecule has 172 valence electrons. The van der Waals surface area contributed by atoms with Gasteiger partial charge in [-0.05, 0) is 49.2 Å². The highest BCUT2D eigenvalue weighted by Crippen LogP contribution is 2.33. The highest BCUT2D eigenvalue weighted by Gasteiger charge is 2.28. The number of benzene rings is 2. The molecule has 33 heavy (non-hydrogen) atoms. The summed E-state index contributed by atoms with van der Waals surface area (Å²) in [6, 6.07) is 11.2. The lowest BCUT2D eigenvalue weighted by Crippen LogP contribution is -2.47. The molecule has 2 aromatic carbocycles. The summed E-state index contributed by atoms with van der Waals surface area (Å²) in [5, 5.41) is 0.715. The van der Waals surface area contributed by atoms with Gasteiger partial charge in [0.25, 0.3) is 5.91 Å². The maximum Gasteiger partial charge on any atom is 0.257 e. The molecule has 5 rings (SSSR count). The Morgan fingerprint density at radius 2 is 1.67 bits per heavy atom. The van der Waals surface area contributed by atoms with Gasteiger partial charge in [0.05, 0.1) is 16.8 Å². The van der Waals surface area contributed by atoms with Crippen molar-refractivity contribution in [1.82, 2.24) is 9.88 Å². The van der Waals surface area contributed by atoms with Gasteiger partial charge in [0.1, 0.15) is 5.82 Å². The van der Waals surface area contributed by atoms with Crippen molar-refractivity contribution in [2.75, 3.05) is 60.6 Å². The molecule has 3 heterocycles. The largest absolute Gasteiger partial charge is 0.368 e. The molecular formula is C26H29FN4OS. The number of amides is 1. The lowest BCUT2D eigenvalue weighted by Gasteiger charge is -2.39. The number of halogens is 1. The first-order chi connectivity index (χ1) is 16.0. The fourth-order valence-electron chi connectivity index (χ4n) is 4.82. The van der Waals surface area contributed by atoms with Gasteiger partial charge in [-0.2, -0.15) is 11.8 Å². The Bertz CT molecular complexity index is 1190. The minimum Gasteiger partial charge on any atom is -0.368 e. The van der Waals surface area contributed by atoms with Crippen molar-refractivity contribution in [2.45, 2.75) is 13.8 Å². The molecule has 0 spiro atoms. The molecular weight excluding hydrogens is 435 g/mol. The van der Waals surface area contributed by atoms with Gasteiger partial charge < -0.3 is 14.7 Å². The van der Waals surface area contributed by atoms with E-state index >= 15 is 0 Å². The van der Waals surface area contributed by atoms with Crippen molar-refractivity contribution in [3.63, 3.8) is 0 Å². The zero-order valence-corrected chi connectivity index (χ0v) is 20.0. The van der Waals surface area contributed by atoms with E-state index in [4.69, 9.17) is 0 Å². The number of pyridine rings is 1. The second-order valence-corrected chi connectivity index (χ2v) is 10.1. The molecule has 0 bridgehead atoms. The van der Waals surface area contributed by atoms with Crippen molar-refractivity contribution < 1.29 is 9.18 Å². The van der Waals surface area contributed by atoms with E-state index in [1.54, 1.807) is 12.3 Å². The number of rotatable bonds is 3. The van der Waals surface area contributed by atoms with Crippen molar-refractivity contribution in [3.05, 3.63) is 65.1 Å². The standard InChI is InChI=1S/C26H29FN4OS/c1-18-3-4-19(2)24(15-18)29-7-9-30(10-8-29)25-21-16-20(27)5-6-23(21)28-17-22(25)26(32)31-11-13-33-14-12-31/h3-6,15-17H,7-14H2,1-2H3. The van der Waals surface area contributed by atoms with E-state index in [1.807, 2.05) is 16.7 Å². The first-order valence-corrected chi connectivity index (χ1v) is 12.7. The molecule has 2 saturated heterocycles. The molecule has 0 unspecified atom stereocenters. The summed E-state index contributed by atoms with van der Waals surface area (Å²) >= 11 is 1.87. The molecule has 1 aromatic heterocycles. The van der Waals surface area contributed by atoms with Crippen LogP contribution in [0, 0.1) is 19.7 Å². The normalized spacial score (nSPS) is 17.0. The van der Waals surface area contributed by atoms with Crippen molar-refractivity contribution >= 4 is 39.9 Å². The second kappa shape index (κ2) is 9.21. The molecule has 0 saturated carbocycles. The van der Waals surface area contributed by atoms with Gasteiger partial charge in [-0.1, -0.05) is 12.1 Å². The van der Waals surface area contributed by atoms with E-state index in [-0.39, 0.29) is 11.7 Å². The lowest BCUT2D eigenvalue weighted by molar-refractivity contribution is 0.0772. The summed E-state index contributed by atoms with van der Waals surface area (Å²) in [5.41, 5.74) is 5.91. The number of piperazine rings is 1. The van der Waals surface area contributed by atoms with Crippen LogP contribution in [0.5, 0.6) is 0 Å². The van der Waals surface area contributed by atoms with Crippen LogP contribution in [-0.4, -0.2) is 66.6 Å². The summed E-state index contributed by atoms with van der Waals surface area (Å²) < 4.78 is 14.3. The Hall–Kier alpha value is -2.80. The molecule has 0 N–H and O–H groups in total. The molecule has 5 nitrogen and oxygen atoms in total. The number of hydrogen-bond donors (Lipinski definition) is 0. The highest BCUT2D eigenvalue weighted by atomic mass is 32.2. The maximum atomic E-state index is 14.3. The third kappa shape index (κ3) is 4.38. The number of hydrogen-bond acceptors (Lipinski definition) is 5. The van der Waals surface area contributed by atoms with Gasteiger partial charge in [0.15, 0.2) is 0 Å². The Balaban J connectivity index is 1.49. The van der Waals surface area contributed by atoms with Crippen molar-refractivity contribution in [1.29, 1.82) is 0 Å². The van der Waals surface area contributed by atoms with Crippen molar-refractivity contribution in [3.8, 4) is 0 Å². The van der Waals surface area contributed by atoms with Gasteiger partial charge >= 0.3 is 0 Å². The Kier molecular flexibility index (Phi) is 6.15. The van der Waals surface area contributed by atoms with E-state index in [1.165, 1.54) is 28.9 Å². The minimum absolute atomic E-state index is 0.000851. The number of nitrogens with zero attached hydrogens (tertiary/aromatic N) is 4. The third-order valence-electron chi connectivity index (χ3n) is 6.63. The van der Waals surface area contributed by atoms with E-state index in [0.717, 1.165) is 56.5 Å². The average molecular weight is 465 g/mol. The van der Waals surface area contributed by atoms with Crippen LogP contribution in [0.2, 0.25) is 0 Å². The maximum absolute atomic E-state index is 14.3. The number of anilines is 2. The van der Waals surface area contributed by atoms with E-state index in [0.29, 0.717) is 16.5 Å². The molecule has 0 radical (unpaired) electrons. The fraction of sp³-hybridized carbons (Fsp3) is 0.385. The summed E-state index contributed by atoms with van der Waals surface area (Å²) in [4.78, 5) is 24.6. The quantitative estimate of drug-likeness (QED) is 0.571. The number of aryl methyl sites for hydroxylation is 2. The smallest absolute Gasteiger partial charge is 0.257 e. The molecule has 2 aliphatic rings. The van der Waals surface area contributed by atoms with Crippen LogP contribution in [0.25, 0.3) is 10.9 Å². The first kappa shape index (κ1) is 22.0. The molecule has 7 heteroatoms. The number of carbonyl (C=O) groups is 1. The zero-order chi connectivity index (χ0) is 22.9. The molecule has 0 atom stereocenters. The number of fused-ring (bicyclic) bond motifs is 1. The van der Waals surface area contributed by atoms with E-state index in [9.17, 15) is 9.18 Å². The molecule has 2 aliphatic heterocycles. The second-order valence-electron chi connectivity index (χ2n) is 8.85. The first-order valence-electron chi connectivity index (χ1n) is 11.5. The Morgan fingerprint density at radius 3 is 2.42 bits per heavy atom. The molecule has 1 amide bonds. The average Bonchev–Trinajstić information content (AvgIpc) is 2.85. The number of aromatic nitrogens is 1. The highest BCUT2D eigenvalue weighted by molar-refractivity contribution is 7.99. The van der Waals surface area contributed by atoms with E-state index in [2.05, 4.69) is 46.8 Å². The SMILES string of the molecule is Cc1ccc(C)c(N2CCN(c3c(C(=O)N4CCSCC4)cnc4ccc(F)cc34)CC2)c1. The molecule has 2 fully saturated rings. The summed E-state index contributed by atoms with van der Waals surface area (Å²) in [5.74, 6) is 1.59. The van der Waals surface area contributed by atoms with Crippen LogP contribution >= 0.6 is 11.8 Å². The molecule has 0 aliphatic carbocycles. The third-order valence-corrected chi connectivity index (χ3v) is 7.57. The van der Waals surface area contributed by atoms with Crippen LogP contribution in [0.15, 0.2) is 42.6 Å². The van der Waals surface area contributed by atoms with Crippen LogP contribution < -0.4 is 9.80 Å². The predicted molar refractivity (Wildman–Crippen MR) is 135 cm³/mol. The lowest BCUT2D eigenvalue weighted by atomic mass is 10.0. The summed E-state index contributed by atoms with van der Waals surface area (Å²) in [7, 11) is 0. The number of thioether (sulfide) groups is 1. The van der Waals surface area contributed by atoms with Gasteiger partial charge in [-0.25, -0.2) is 4.39 Å². The van der Waals surface area contributed by atoms with Crippen LogP contribution in [-0.2, 0) is 0 Å². The summed E-state index contributed by atoms with van der Waals surface area (Å²) in [6.45, 7) is 8.96. The molecule has 3 aromatic rings. The Morgan fingerprint density at radius 1 is 0.939 bits per heavy atom. The zero-order valence-electron chi connectivity index (χ0n) is 19.2. The van der Waals surface area contributed by atoms with Crippen LogP contribution in [0.4, 0.5) is 15.8 Å². The van der Waals surface area contributed by atoms with Crippen LogP contribution in [0.3, 0.4) is 0 Å². The van der Waals surface area contributed by atoms with Gasteiger partial charge in [-0.3, -0.25) is 9.78 Å². The minimum atomic E-state index is -0.307. The predicted octanol–water partition coefficient (Wildman–Crippen LogP) is 4.51. The van der Waals surface area contributed by atoms with Gasteiger partial charge in [-0.15, -0.1) is 0 Å². The number of carbonyl (C=O) groups excluding carboxylic acids is 1. The van der Waals surface area contributed by atoms with Crippen molar-refractivity contribution in [2.24, 2.45) is 0 Å². The van der Waals surface area contributed by atoms with Gasteiger partial charge in [0, 0.05) is 68.0 Å².